The Kier molecular flexibility index (Phi) is 3.31. The van der Waals surface area contributed by atoms with Gasteiger partial charge in [0.2, 0.25) is 0 Å². The van der Waals surface area contributed by atoms with Gasteiger partial charge in [0.1, 0.15) is 11.6 Å². The Bertz CT molecular complexity index is 467. The molecule has 0 fully saturated rings. The fraction of sp³-hybridized carbons (Fsp3) is 0.100. The second-order valence-corrected chi connectivity index (χ2v) is 3.19. The third kappa shape index (κ3) is 2.27. The summed E-state index contributed by atoms with van der Waals surface area (Å²) < 4.78 is 13.4. The molecule has 80 valence electrons. The van der Waals surface area contributed by atoms with Gasteiger partial charge in [0, 0.05) is 11.6 Å². The number of hydrogen-bond donors (Lipinski definition) is 2. The number of benzene rings is 1. The van der Waals surface area contributed by atoms with E-state index < -0.39 is 0 Å². The smallest absolute Gasteiger partial charge is 0.145 e. The third-order valence-corrected chi connectivity index (χ3v) is 2.01. The van der Waals surface area contributed by atoms with Gasteiger partial charge >= 0.3 is 0 Å². The first-order valence-corrected chi connectivity index (χ1v) is 4.24. The minimum absolute atomic E-state index is 0. The zero-order chi connectivity index (χ0) is 10.1. The van der Waals surface area contributed by atoms with Crippen molar-refractivity contribution < 1.29 is 4.39 Å². The lowest BCUT2D eigenvalue weighted by atomic mass is 10.1. The zero-order valence-corrected chi connectivity index (χ0v) is 8.94. The molecule has 0 amide bonds. The summed E-state index contributed by atoms with van der Waals surface area (Å²) in [7, 11) is 0. The van der Waals surface area contributed by atoms with Gasteiger partial charge in [-0.25, -0.2) is 4.39 Å². The van der Waals surface area contributed by atoms with E-state index in [0.29, 0.717) is 17.1 Å². The first-order chi connectivity index (χ1) is 6.66. The first kappa shape index (κ1) is 11.5. The monoisotopic (exact) mass is 227 g/mol. The Morgan fingerprint density at radius 1 is 1.33 bits per heavy atom. The molecule has 0 saturated heterocycles. The molecule has 15 heavy (non-hydrogen) atoms. The number of halogens is 2. The van der Waals surface area contributed by atoms with Crippen molar-refractivity contribution in [1.29, 1.82) is 0 Å². The van der Waals surface area contributed by atoms with Gasteiger partial charge in [0.05, 0.1) is 5.69 Å². The Morgan fingerprint density at radius 2 is 2.07 bits per heavy atom. The van der Waals surface area contributed by atoms with E-state index in [1.807, 2.05) is 6.92 Å². The van der Waals surface area contributed by atoms with Crippen molar-refractivity contribution in [3.63, 3.8) is 0 Å². The molecular weight excluding hydrogens is 217 g/mol. The van der Waals surface area contributed by atoms with Crippen LogP contribution in [0.3, 0.4) is 0 Å². The van der Waals surface area contributed by atoms with Crippen LogP contribution in [-0.4, -0.2) is 10.2 Å². The summed E-state index contributed by atoms with van der Waals surface area (Å²) in [6.45, 7) is 1.91. The Balaban J connectivity index is 0.00000112. The standard InChI is InChI=1S/C10H10FN3.ClH/c1-6-2-3-8(11)7(4-6)9-5-10(12)14-13-9;/h2-5H,1H3,(H3,12,13,14);1H. The number of hydrogen-bond acceptors (Lipinski definition) is 2. The highest BCUT2D eigenvalue weighted by atomic mass is 35.5. The Labute approximate surface area is 92.9 Å². The van der Waals surface area contributed by atoms with Crippen molar-refractivity contribution >= 4 is 18.2 Å². The van der Waals surface area contributed by atoms with Crippen LogP contribution in [0.2, 0.25) is 0 Å². The molecular formula is C10H11ClFN3. The predicted octanol–water partition coefficient (Wildman–Crippen LogP) is 2.53. The summed E-state index contributed by atoms with van der Waals surface area (Å²) in [6.07, 6.45) is 0. The lowest BCUT2D eigenvalue weighted by Crippen LogP contribution is -1.85. The number of nitrogens with zero attached hydrogens (tertiary/aromatic N) is 1. The van der Waals surface area contributed by atoms with Crippen LogP contribution in [0.1, 0.15) is 5.56 Å². The van der Waals surface area contributed by atoms with Gasteiger partial charge < -0.3 is 5.73 Å². The molecule has 0 atom stereocenters. The summed E-state index contributed by atoms with van der Waals surface area (Å²) >= 11 is 0. The maximum absolute atomic E-state index is 13.4. The Morgan fingerprint density at radius 3 is 2.67 bits per heavy atom. The number of nitrogen functional groups attached to an aromatic ring is 1. The summed E-state index contributed by atoms with van der Waals surface area (Å²) in [4.78, 5) is 0. The fourth-order valence-electron chi connectivity index (χ4n) is 1.32. The topological polar surface area (TPSA) is 54.7 Å². The molecule has 5 heteroatoms. The Hall–Kier alpha value is -1.55. The molecule has 3 nitrogen and oxygen atoms in total. The van der Waals surface area contributed by atoms with Crippen molar-refractivity contribution in [1.82, 2.24) is 10.2 Å². The second-order valence-electron chi connectivity index (χ2n) is 3.19. The summed E-state index contributed by atoms with van der Waals surface area (Å²) in [5, 5.41) is 6.42. The molecule has 1 aromatic carbocycles. The van der Waals surface area contributed by atoms with Crippen molar-refractivity contribution in [3.8, 4) is 11.3 Å². The summed E-state index contributed by atoms with van der Waals surface area (Å²) in [6, 6.07) is 6.51. The largest absolute Gasteiger partial charge is 0.382 e. The van der Waals surface area contributed by atoms with Gasteiger partial charge in [-0.2, -0.15) is 5.10 Å². The molecule has 2 rings (SSSR count). The number of aryl methyl sites for hydroxylation is 1. The van der Waals surface area contributed by atoms with E-state index in [0.717, 1.165) is 5.56 Å². The lowest BCUT2D eigenvalue weighted by molar-refractivity contribution is 0.630. The molecule has 0 aliphatic carbocycles. The molecule has 1 aromatic heterocycles. The molecule has 0 aliphatic heterocycles. The van der Waals surface area contributed by atoms with Crippen LogP contribution in [0.4, 0.5) is 10.2 Å². The number of nitrogens with one attached hydrogen (secondary N) is 1. The third-order valence-electron chi connectivity index (χ3n) is 2.01. The van der Waals surface area contributed by atoms with Crippen molar-refractivity contribution in [2.45, 2.75) is 6.92 Å². The van der Waals surface area contributed by atoms with E-state index in [-0.39, 0.29) is 18.2 Å². The van der Waals surface area contributed by atoms with Crippen LogP contribution >= 0.6 is 12.4 Å². The SMILES string of the molecule is Cc1ccc(F)c(-c2cc(N)n[nH]2)c1.Cl. The number of rotatable bonds is 1. The highest BCUT2D eigenvalue weighted by Crippen LogP contribution is 2.22. The molecule has 0 radical (unpaired) electrons. The molecule has 3 N–H and O–H groups in total. The van der Waals surface area contributed by atoms with Gasteiger partial charge in [-0.05, 0) is 19.1 Å². The summed E-state index contributed by atoms with van der Waals surface area (Å²) in [5.41, 5.74) is 7.53. The normalized spacial score (nSPS) is 9.73. The first-order valence-electron chi connectivity index (χ1n) is 4.24. The van der Waals surface area contributed by atoms with Gasteiger partial charge in [0.15, 0.2) is 0 Å². The second kappa shape index (κ2) is 4.31. The molecule has 0 aliphatic rings. The lowest BCUT2D eigenvalue weighted by Gasteiger charge is -2.00. The molecule has 0 bridgehead atoms. The van der Waals surface area contributed by atoms with E-state index in [9.17, 15) is 4.39 Å². The average Bonchev–Trinajstić information content (AvgIpc) is 2.56. The average molecular weight is 228 g/mol. The van der Waals surface area contributed by atoms with Gasteiger partial charge in [-0.15, -0.1) is 12.4 Å². The summed E-state index contributed by atoms with van der Waals surface area (Å²) in [5.74, 6) is 0.0835. The number of aromatic nitrogens is 2. The van der Waals surface area contributed by atoms with Gasteiger partial charge in [-0.3, -0.25) is 5.10 Å². The maximum atomic E-state index is 13.4. The van der Waals surface area contributed by atoms with Crippen molar-refractivity contribution in [2.24, 2.45) is 0 Å². The minimum Gasteiger partial charge on any atom is -0.382 e. The molecule has 0 spiro atoms. The van der Waals surface area contributed by atoms with E-state index in [2.05, 4.69) is 10.2 Å². The fourth-order valence-corrected chi connectivity index (χ4v) is 1.32. The molecule has 0 saturated carbocycles. The quantitative estimate of drug-likeness (QED) is 0.787. The highest BCUT2D eigenvalue weighted by molar-refractivity contribution is 5.85. The predicted molar refractivity (Wildman–Crippen MR) is 60.4 cm³/mol. The minimum atomic E-state index is -0.278. The maximum Gasteiger partial charge on any atom is 0.145 e. The van der Waals surface area contributed by atoms with Gasteiger partial charge in [0.25, 0.3) is 0 Å². The van der Waals surface area contributed by atoms with Crippen LogP contribution < -0.4 is 5.73 Å². The van der Waals surface area contributed by atoms with Crippen LogP contribution in [0.5, 0.6) is 0 Å². The van der Waals surface area contributed by atoms with E-state index in [1.54, 1.807) is 18.2 Å². The van der Waals surface area contributed by atoms with Crippen LogP contribution in [0, 0.1) is 12.7 Å². The zero-order valence-electron chi connectivity index (χ0n) is 8.12. The van der Waals surface area contributed by atoms with E-state index in [1.165, 1.54) is 6.07 Å². The van der Waals surface area contributed by atoms with Crippen LogP contribution in [0.15, 0.2) is 24.3 Å². The molecule has 1 heterocycles. The van der Waals surface area contributed by atoms with E-state index in [4.69, 9.17) is 5.73 Å². The van der Waals surface area contributed by atoms with Gasteiger partial charge in [-0.1, -0.05) is 11.6 Å². The van der Waals surface area contributed by atoms with Crippen LogP contribution in [-0.2, 0) is 0 Å². The molecule has 0 unspecified atom stereocenters. The highest BCUT2D eigenvalue weighted by Gasteiger charge is 2.07. The number of nitrogens with two attached hydrogens (primary N) is 1. The molecule has 2 aromatic rings. The number of H-pyrrole nitrogens is 1. The van der Waals surface area contributed by atoms with E-state index >= 15 is 0 Å². The number of aromatic amines is 1. The van der Waals surface area contributed by atoms with Crippen LogP contribution in [0.25, 0.3) is 11.3 Å². The van der Waals surface area contributed by atoms with Crippen molar-refractivity contribution in [2.75, 3.05) is 5.73 Å². The number of anilines is 1. The van der Waals surface area contributed by atoms with Crippen molar-refractivity contribution in [3.05, 3.63) is 35.6 Å².